The number of benzene rings is 2. The van der Waals surface area contributed by atoms with Crippen molar-refractivity contribution in [3.05, 3.63) is 57.0 Å². The molecule has 2 aliphatic heterocycles. The molecule has 0 N–H and O–H groups in total. The van der Waals surface area contributed by atoms with Crippen molar-refractivity contribution >= 4 is 49.1 Å². The second-order valence-corrected chi connectivity index (χ2v) is 10.3. The topological polar surface area (TPSA) is 66.9 Å². The first-order valence-corrected chi connectivity index (χ1v) is 11.8. The number of fused-ring (bicyclic) bond motifs is 1. The second kappa shape index (κ2) is 8.00. The third-order valence-electron chi connectivity index (χ3n) is 5.27. The van der Waals surface area contributed by atoms with Gasteiger partial charge in [-0.1, -0.05) is 29.8 Å². The van der Waals surface area contributed by atoms with E-state index in [4.69, 9.17) is 16.3 Å². The predicted molar refractivity (Wildman–Crippen MR) is 115 cm³/mol. The van der Waals surface area contributed by atoms with Gasteiger partial charge in [0.05, 0.1) is 17.6 Å². The molecule has 1 amide bonds. The average Bonchev–Trinajstić information content (AvgIpc) is 3.03. The Balaban J connectivity index is 1.46. The van der Waals surface area contributed by atoms with Gasteiger partial charge in [0.1, 0.15) is 0 Å². The summed E-state index contributed by atoms with van der Waals surface area (Å²) >= 11 is 9.52. The lowest BCUT2D eigenvalue weighted by Crippen LogP contribution is -2.54. The quantitative estimate of drug-likeness (QED) is 0.630. The monoisotopic (exact) mass is 498 g/mol. The first kappa shape index (κ1) is 20.8. The van der Waals surface area contributed by atoms with Gasteiger partial charge in [0.15, 0.2) is 0 Å². The number of sulfonamides is 1. The molecule has 2 aromatic rings. The number of halogens is 2. The molecule has 2 aromatic carbocycles. The highest BCUT2D eigenvalue weighted by atomic mass is 79.9. The molecule has 0 radical (unpaired) electrons. The molecule has 9 heteroatoms. The number of amides is 1. The fraction of sp³-hybridized carbons (Fsp3) is 0.350. The van der Waals surface area contributed by atoms with Crippen molar-refractivity contribution in [2.75, 3.05) is 24.5 Å². The maximum Gasteiger partial charge on any atom is 0.244 e. The molecule has 0 aliphatic carbocycles. The number of rotatable bonds is 5. The Morgan fingerprint density at radius 2 is 2.00 bits per heavy atom. The van der Waals surface area contributed by atoms with Gasteiger partial charge in [-0.05, 0) is 51.7 Å². The van der Waals surface area contributed by atoms with E-state index in [1.54, 1.807) is 23.1 Å². The maximum absolute atomic E-state index is 13.1. The van der Waals surface area contributed by atoms with Crippen LogP contribution in [0.3, 0.4) is 0 Å². The molecule has 0 spiro atoms. The molecule has 1 fully saturated rings. The fourth-order valence-corrected chi connectivity index (χ4v) is 6.34. The minimum atomic E-state index is -3.69. The Kier molecular flexibility index (Phi) is 5.74. The summed E-state index contributed by atoms with van der Waals surface area (Å²) in [5.41, 5.74) is 2.52. The molecule has 29 heavy (non-hydrogen) atoms. The van der Waals surface area contributed by atoms with Crippen molar-refractivity contribution in [1.29, 1.82) is 0 Å². The van der Waals surface area contributed by atoms with Crippen LogP contribution in [0.2, 0.25) is 5.02 Å². The van der Waals surface area contributed by atoms with Crippen LogP contribution in [0.5, 0.6) is 0 Å². The van der Waals surface area contributed by atoms with E-state index in [9.17, 15) is 13.2 Å². The van der Waals surface area contributed by atoms with Crippen LogP contribution in [0.15, 0.2) is 45.8 Å². The highest BCUT2D eigenvalue weighted by Crippen LogP contribution is 2.37. The number of carbonyl (C=O) groups is 1. The Hall–Kier alpha value is -1.45. The summed E-state index contributed by atoms with van der Waals surface area (Å²) < 4.78 is 33.9. The van der Waals surface area contributed by atoms with Gasteiger partial charge in [-0.2, -0.15) is 4.31 Å². The van der Waals surface area contributed by atoms with E-state index in [0.29, 0.717) is 28.3 Å². The molecule has 2 aliphatic rings. The molecular formula is C20H20BrClN2O4S. The van der Waals surface area contributed by atoms with Gasteiger partial charge >= 0.3 is 0 Å². The minimum Gasteiger partial charge on any atom is -0.371 e. The third kappa shape index (κ3) is 3.96. The summed E-state index contributed by atoms with van der Waals surface area (Å²) in [6, 6.07) is 10.8. The third-order valence-corrected chi connectivity index (χ3v) is 8.43. The van der Waals surface area contributed by atoms with E-state index in [2.05, 4.69) is 15.9 Å². The molecule has 0 unspecified atom stereocenters. The fourth-order valence-electron chi connectivity index (χ4n) is 3.58. The number of hydrogen-bond donors (Lipinski definition) is 0. The van der Waals surface area contributed by atoms with Crippen LogP contribution < -0.4 is 4.90 Å². The van der Waals surface area contributed by atoms with Crippen LogP contribution >= 0.6 is 27.5 Å². The zero-order valence-corrected chi connectivity index (χ0v) is 18.9. The molecule has 1 saturated heterocycles. The van der Waals surface area contributed by atoms with Gasteiger partial charge in [-0.25, -0.2) is 8.42 Å². The number of anilines is 1. The average molecular weight is 500 g/mol. The number of nitrogens with zero attached hydrogens (tertiary/aromatic N) is 2. The summed E-state index contributed by atoms with van der Waals surface area (Å²) in [7, 11) is -3.69. The SMILES string of the molecule is CC(=O)N1CCc2cc(Br)c(S(=O)(=O)N3CC(OCc4ccccc4Cl)C3)cc21. The Labute approximate surface area is 183 Å². The highest BCUT2D eigenvalue weighted by molar-refractivity contribution is 9.10. The highest BCUT2D eigenvalue weighted by Gasteiger charge is 2.39. The Morgan fingerprint density at radius 1 is 1.28 bits per heavy atom. The van der Waals surface area contributed by atoms with Gasteiger partial charge < -0.3 is 9.64 Å². The largest absolute Gasteiger partial charge is 0.371 e. The lowest BCUT2D eigenvalue weighted by molar-refractivity contribution is -0.116. The number of ether oxygens (including phenoxy) is 1. The van der Waals surface area contributed by atoms with Crippen LogP contribution in [0.4, 0.5) is 5.69 Å². The molecule has 4 rings (SSSR count). The zero-order chi connectivity index (χ0) is 20.8. The molecular weight excluding hydrogens is 480 g/mol. The molecule has 6 nitrogen and oxygen atoms in total. The molecule has 0 saturated carbocycles. The van der Waals surface area contributed by atoms with Crippen molar-refractivity contribution in [2.45, 2.75) is 31.0 Å². The van der Waals surface area contributed by atoms with Crippen LogP contribution in [0.25, 0.3) is 0 Å². The second-order valence-electron chi connectivity index (χ2n) is 7.18. The van der Waals surface area contributed by atoms with E-state index in [0.717, 1.165) is 17.5 Å². The van der Waals surface area contributed by atoms with Crippen molar-refractivity contribution in [3.8, 4) is 0 Å². The van der Waals surface area contributed by atoms with E-state index in [1.807, 2.05) is 18.2 Å². The summed E-state index contributed by atoms with van der Waals surface area (Å²) in [5, 5.41) is 0.633. The van der Waals surface area contributed by atoms with Gasteiger partial charge in [-0.3, -0.25) is 4.79 Å². The van der Waals surface area contributed by atoms with E-state index >= 15 is 0 Å². The van der Waals surface area contributed by atoms with E-state index in [1.165, 1.54) is 11.2 Å². The molecule has 0 atom stereocenters. The van der Waals surface area contributed by atoms with Crippen LogP contribution in [0, 0.1) is 0 Å². The zero-order valence-electron chi connectivity index (χ0n) is 15.8. The standard InChI is InChI=1S/C20H20BrClN2O4S/c1-13(25)24-7-6-14-8-17(21)20(9-19(14)24)29(26,27)23-10-16(11-23)28-12-15-4-2-3-5-18(15)22/h2-5,8-9,16H,6-7,10-12H2,1H3. The van der Waals surface area contributed by atoms with Gasteiger partial charge in [-0.15, -0.1) is 0 Å². The van der Waals surface area contributed by atoms with Gasteiger partial charge in [0.25, 0.3) is 0 Å². The summed E-state index contributed by atoms with van der Waals surface area (Å²) in [5.74, 6) is -0.0913. The predicted octanol–water partition coefficient (Wildman–Crippen LogP) is 3.60. The normalized spacial score (nSPS) is 17.3. The molecule has 154 valence electrons. The van der Waals surface area contributed by atoms with E-state index in [-0.39, 0.29) is 30.0 Å². The lowest BCUT2D eigenvalue weighted by atomic mass is 10.2. The Morgan fingerprint density at radius 3 is 2.69 bits per heavy atom. The van der Waals surface area contributed by atoms with Crippen molar-refractivity contribution in [1.82, 2.24) is 4.31 Å². The summed E-state index contributed by atoms with van der Waals surface area (Å²) in [4.78, 5) is 13.6. The molecule has 2 heterocycles. The van der Waals surface area contributed by atoms with Crippen LogP contribution in [-0.2, 0) is 32.6 Å². The van der Waals surface area contributed by atoms with Gasteiger partial charge in [0, 0.05) is 41.7 Å². The van der Waals surface area contributed by atoms with Crippen molar-refractivity contribution in [3.63, 3.8) is 0 Å². The summed E-state index contributed by atoms with van der Waals surface area (Å²) in [6.07, 6.45) is 0.540. The van der Waals surface area contributed by atoms with Crippen LogP contribution in [-0.4, -0.2) is 44.4 Å². The van der Waals surface area contributed by atoms with Gasteiger partial charge in [0.2, 0.25) is 15.9 Å². The minimum absolute atomic E-state index is 0.0913. The van der Waals surface area contributed by atoms with Crippen molar-refractivity contribution < 1.29 is 17.9 Å². The first-order valence-electron chi connectivity index (χ1n) is 9.23. The number of hydrogen-bond acceptors (Lipinski definition) is 4. The summed E-state index contributed by atoms with van der Waals surface area (Å²) in [6.45, 7) is 2.97. The maximum atomic E-state index is 13.1. The molecule has 0 aromatic heterocycles. The first-order chi connectivity index (χ1) is 13.8. The molecule has 0 bridgehead atoms. The Bertz CT molecular complexity index is 1070. The van der Waals surface area contributed by atoms with E-state index < -0.39 is 10.0 Å². The van der Waals surface area contributed by atoms with Crippen molar-refractivity contribution in [2.24, 2.45) is 0 Å². The van der Waals surface area contributed by atoms with Crippen LogP contribution in [0.1, 0.15) is 18.1 Å². The smallest absolute Gasteiger partial charge is 0.244 e. The lowest BCUT2D eigenvalue weighted by Gasteiger charge is -2.38. The number of carbonyl (C=O) groups excluding carboxylic acids is 1.